The van der Waals surface area contributed by atoms with E-state index >= 15 is 0 Å². The zero-order chi connectivity index (χ0) is 8.81. The molecule has 1 aromatic rings. The summed E-state index contributed by atoms with van der Waals surface area (Å²) >= 11 is 0. The highest BCUT2D eigenvalue weighted by atomic mass is 14.9. The maximum atomic E-state index is 5.71. The molecule has 2 heteroatoms. The van der Waals surface area contributed by atoms with Crippen molar-refractivity contribution in [2.45, 2.75) is 6.42 Å². The Bertz CT molecular complexity index is 256. The molecule has 0 aliphatic rings. The second kappa shape index (κ2) is 4.44. The maximum Gasteiger partial charge on any atom is 0.0574 e. The van der Waals surface area contributed by atoms with Gasteiger partial charge in [-0.1, -0.05) is 18.2 Å². The van der Waals surface area contributed by atoms with Gasteiger partial charge in [0.15, 0.2) is 0 Å². The van der Waals surface area contributed by atoms with Gasteiger partial charge in [0.1, 0.15) is 0 Å². The van der Waals surface area contributed by atoms with Crippen molar-refractivity contribution in [1.29, 1.82) is 0 Å². The quantitative estimate of drug-likeness (QED) is 0.405. The molecule has 1 aromatic carbocycles. The Kier molecular flexibility index (Phi) is 3.20. The summed E-state index contributed by atoms with van der Waals surface area (Å²) in [5, 5.41) is 3.22. The van der Waals surface area contributed by atoms with E-state index in [1.165, 1.54) is 0 Å². The number of benzene rings is 1. The average molecular weight is 162 g/mol. The van der Waals surface area contributed by atoms with Crippen molar-refractivity contribution in [3.05, 3.63) is 36.9 Å². The van der Waals surface area contributed by atoms with Crippen molar-refractivity contribution < 1.29 is 0 Å². The Morgan fingerprint density at radius 1 is 1.42 bits per heavy atom. The van der Waals surface area contributed by atoms with Crippen LogP contribution in [0.5, 0.6) is 0 Å². The lowest BCUT2D eigenvalue weighted by atomic mass is 10.2. The number of rotatable bonds is 4. The molecule has 12 heavy (non-hydrogen) atoms. The van der Waals surface area contributed by atoms with E-state index in [9.17, 15) is 0 Å². The van der Waals surface area contributed by atoms with Crippen LogP contribution in [0.3, 0.4) is 0 Å². The van der Waals surface area contributed by atoms with Gasteiger partial charge in [0, 0.05) is 6.54 Å². The molecule has 0 radical (unpaired) electrons. The summed E-state index contributed by atoms with van der Waals surface area (Å²) in [4.78, 5) is 0. The molecule has 0 saturated carbocycles. The van der Waals surface area contributed by atoms with Gasteiger partial charge in [-0.25, -0.2) is 0 Å². The lowest BCUT2D eigenvalue weighted by molar-refractivity contribution is 1.07. The predicted molar refractivity (Wildman–Crippen MR) is 54.2 cm³/mol. The van der Waals surface area contributed by atoms with Crippen LogP contribution >= 0.6 is 0 Å². The number of nitrogens with two attached hydrogens (primary N) is 1. The molecule has 0 spiro atoms. The second-order valence-corrected chi connectivity index (χ2v) is 2.59. The molecule has 0 bridgehead atoms. The molecular formula is C10H14N2. The van der Waals surface area contributed by atoms with Crippen LogP contribution in [-0.4, -0.2) is 6.54 Å². The van der Waals surface area contributed by atoms with Crippen LogP contribution in [0.4, 0.5) is 11.4 Å². The van der Waals surface area contributed by atoms with Gasteiger partial charge >= 0.3 is 0 Å². The van der Waals surface area contributed by atoms with E-state index in [0.29, 0.717) is 0 Å². The molecule has 0 heterocycles. The fourth-order valence-electron chi connectivity index (χ4n) is 0.967. The third-order valence-electron chi connectivity index (χ3n) is 1.62. The monoisotopic (exact) mass is 162 g/mol. The fourth-order valence-corrected chi connectivity index (χ4v) is 0.967. The first-order valence-electron chi connectivity index (χ1n) is 4.04. The molecule has 64 valence electrons. The first-order valence-corrected chi connectivity index (χ1v) is 4.04. The molecule has 1 rings (SSSR count). The van der Waals surface area contributed by atoms with Crippen LogP contribution in [0, 0.1) is 0 Å². The van der Waals surface area contributed by atoms with E-state index in [1.54, 1.807) is 0 Å². The predicted octanol–water partition coefficient (Wildman–Crippen LogP) is 2.26. The van der Waals surface area contributed by atoms with Crippen LogP contribution in [0.25, 0.3) is 0 Å². The van der Waals surface area contributed by atoms with Crippen LogP contribution in [0.15, 0.2) is 36.9 Å². The molecule has 0 aromatic heterocycles. The Morgan fingerprint density at radius 3 is 2.83 bits per heavy atom. The number of nitrogen functional groups attached to an aromatic ring is 1. The molecule has 0 aliphatic carbocycles. The largest absolute Gasteiger partial charge is 0.397 e. The topological polar surface area (TPSA) is 38.0 Å². The van der Waals surface area contributed by atoms with Gasteiger partial charge in [0.05, 0.1) is 11.4 Å². The Labute approximate surface area is 73.1 Å². The SMILES string of the molecule is C=CCCNc1ccccc1N. The highest BCUT2D eigenvalue weighted by Crippen LogP contribution is 2.16. The van der Waals surface area contributed by atoms with E-state index < -0.39 is 0 Å². The second-order valence-electron chi connectivity index (χ2n) is 2.59. The minimum absolute atomic E-state index is 0.793. The Balaban J connectivity index is 2.51. The summed E-state index contributed by atoms with van der Waals surface area (Å²) in [7, 11) is 0. The highest BCUT2D eigenvalue weighted by Gasteiger charge is 1.93. The standard InChI is InChI=1S/C10H14N2/c1-2-3-8-12-10-7-5-4-6-9(10)11/h2,4-7,12H,1,3,8,11H2. The molecule has 0 atom stereocenters. The van der Waals surface area contributed by atoms with Crippen molar-refractivity contribution in [2.24, 2.45) is 0 Å². The summed E-state index contributed by atoms with van der Waals surface area (Å²) in [6.07, 6.45) is 2.83. The Morgan fingerprint density at radius 2 is 2.17 bits per heavy atom. The van der Waals surface area contributed by atoms with Crippen molar-refractivity contribution >= 4 is 11.4 Å². The number of nitrogens with one attached hydrogen (secondary N) is 1. The molecule has 0 aliphatic heterocycles. The van der Waals surface area contributed by atoms with Crippen molar-refractivity contribution in [1.82, 2.24) is 0 Å². The normalized spacial score (nSPS) is 9.33. The summed E-state index contributed by atoms with van der Waals surface area (Å²) < 4.78 is 0. The van der Waals surface area contributed by atoms with Crippen LogP contribution in [0.2, 0.25) is 0 Å². The van der Waals surface area contributed by atoms with Gasteiger partial charge in [-0.15, -0.1) is 6.58 Å². The Hall–Kier alpha value is -1.44. The number of anilines is 2. The molecule has 3 N–H and O–H groups in total. The fraction of sp³-hybridized carbons (Fsp3) is 0.200. The molecule has 0 amide bonds. The van der Waals surface area contributed by atoms with Gasteiger partial charge in [-0.05, 0) is 18.6 Å². The minimum Gasteiger partial charge on any atom is -0.397 e. The number of hydrogen-bond acceptors (Lipinski definition) is 2. The summed E-state index contributed by atoms with van der Waals surface area (Å²) in [5.41, 5.74) is 7.51. The smallest absolute Gasteiger partial charge is 0.0574 e. The van der Waals surface area contributed by atoms with Gasteiger partial charge in [0.25, 0.3) is 0 Å². The molecule has 2 nitrogen and oxygen atoms in total. The lowest BCUT2D eigenvalue weighted by Gasteiger charge is -2.06. The third kappa shape index (κ3) is 2.31. The van der Waals surface area contributed by atoms with E-state index in [1.807, 2.05) is 30.3 Å². The van der Waals surface area contributed by atoms with Gasteiger partial charge < -0.3 is 11.1 Å². The van der Waals surface area contributed by atoms with Crippen LogP contribution in [0.1, 0.15) is 6.42 Å². The van der Waals surface area contributed by atoms with E-state index in [4.69, 9.17) is 5.73 Å². The molecule has 0 unspecified atom stereocenters. The van der Waals surface area contributed by atoms with Gasteiger partial charge in [-0.2, -0.15) is 0 Å². The summed E-state index contributed by atoms with van der Waals surface area (Å²) in [5.74, 6) is 0. The zero-order valence-corrected chi connectivity index (χ0v) is 7.09. The molecule has 0 fully saturated rings. The summed E-state index contributed by atoms with van der Waals surface area (Å²) in [6.45, 7) is 4.53. The van der Waals surface area contributed by atoms with Crippen molar-refractivity contribution in [3.8, 4) is 0 Å². The average Bonchev–Trinajstić information content (AvgIpc) is 2.09. The lowest BCUT2D eigenvalue weighted by Crippen LogP contribution is -2.02. The maximum absolute atomic E-state index is 5.71. The van der Waals surface area contributed by atoms with Crippen LogP contribution < -0.4 is 11.1 Å². The van der Waals surface area contributed by atoms with Crippen LogP contribution in [-0.2, 0) is 0 Å². The van der Waals surface area contributed by atoms with Gasteiger partial charge in [-0.3, -0.25) is 0 Å². The number of hydrogen-bond donors (Lipinski definition) is 2. The first-order chi connectivity index (χ1) is 5.84. The zero-order valence-electron chi connectivity index (χ0n) is 7.09. The van der Waals surface area contributed by atoms with E-state index in [0.717, 1.165) is 24.3 Å². The van der Waals surface area contributed by atoms with Crippen molar-refractivity contribution in [2.75, 3.05) is 17.6 Å². The van der Waals surface area contributed by atoms with Crippen molar-refractivity contribution in [3.63, 3.8) is 0 Å². The summed E-state index contributed by atoms with van der Waals surface area (Å²) in [6, 6.07) is 7.75. The molecular weight excluding hydrogens is 148 g/mol. The van der Waals surface area contributed by atoms with E-state index in [-0.39, 0.29) is 0 Å². The molecule has 0 saturated heterocycles. The van der Waals surface area contributed by atoms with Gasteiger partial charge in [0.2, 0.25) is 0 Å². The first kappa shape index (κ1) is 8.65. The number of para-hydroxylation sites is 2. The minimum atomic E-state index is 0.793. The van der Waals surface area contributed by atoms with E-state index in [2.05, 4.69) is 11.9 Å². The highest BCUT2D eigenvalue weighted by molar-refractivity contribution is 5.65. The third-order valence-corrected chi connectivity index (χ3v) is 1.62.